The van der Waals surface area contributed by atoms with Gasteiger partial charge in [0.2, 0.25) is 6.79 Å². The molecule has 7 heteroatoms. The number of aryl methyl sites for hydroxylation is 1. The zero-order valence-electron chi connectivity index (χ0n) is 16.5. The predicted octanol–water partition coefficient (Wildman–Crippen LogP) is 3.26. The lowest BCUT2D eigenvalue weighted by atomic mass is 9.84. The van der Waals surface area contributed by atoms with Crippen LogP contribution in [0.3, 0.4) is 0 Å². The van der Waals surface area contributed by atoms with Gasteiger partial charge in [0.25, 0.3) is 0 Å². The van der Waals surface area contributed by atoms with E-state index in [1.807, 2.05) is 12.3 Å². The molecular formula is C20H28N4O2S. The first-order valence-corrected chi connectivity index (χ1v) is 10.1. The smallest absolute Gasteiger partial charge is 0.231 e. The zero-order chi connectivity index (χ0) is 19.3. The summed E-state index contributed by atoms with van der Waals surface area (Å²) in [7, 11) is 0. The standard InChI is InChI=1S/C20H28N4O2S/c1-5-21-19(22-9-8-18-23-11-14(2)27-18)24-12-20(3,4)15-6-7-16-17(10-15)26-13-25-16/h6-7,10-11H,5,8-9,12-13H2,1-4H3,(H2,21,22,24). The fourth-order valence-electron chi connectivity index (χ4n) is 2.83. The largest absolute Gasteiger partial charge is 0.454 e. The van der Waals surface area contributed by atoms with E-state index >= 15 is 0 Å². The van der Waals surface area contributed by atoms with Crippen LogP contribution in [0, 0.1) is 6.92 Å². The summed E-state index contributed by atoms with van der Waals surface area (Å²) in [5, 5.41) is 7.87. The van der Waals surface area contributed by atoms with Crippen molar-refractivity contribution in [2.45, 2.75) is 39.5 Å². The van der Waals surface area contributed by atoms with Crippen molar-refractivity contribution in [3.05, 3.63) is 39.8 Å². The average molecular weight is 389 g/mol. The molecule has 3 rings (SSSR count). The quantitative estimate of drug-likeness (QED) is 0.563. The Hall–Kier alpha value is -2.28. The van der Waals surface area contributed by atoms with E-state index in [1.165, 1.54) is 10.4 Å². The highest BCUT2D eigenvalue weighted by molar-refractivity contribution is 7.11. The Morgan fingerprint density at radius 3 is 2.81 bits per heavy atom. The SMILES string of the molecule is CCNC(=NCC(C)(C)c1ccc2c(c1)OCO2)NCCc1ncc(C)s1. The minimum Gasteiger partial charge on any atom is -0.454 e. The second-order valence-electron chi connectivity index (χ2n) is 7.19. The number of thiazole rings is 1. The van der Waals surface area contributed by atoms with Gasteiger partial charge >= 0.3 is 0 Å². The van der Waals surface area contributed by atoms with Crippen molar-refractivity contribution in [1.29, 1.82) is 0 Å². The van der Waals surface area contributed by atoms with Crippen LogP contribution in [0.15, 0.2) is 29.4 Å². The fourth-order valence-corrected chi connectivity index (χ4v) is 3.62. The van der Waals surface area contributed by atoms with Crippen LogP contribution in [0.2, 0.25) is 0 Å². The van der Waals surface area contributed by atoms with Crippen LogP contribution < -0.4 is 20.1 Å². The molecule has 0 saturated carbocycles. The molecule has 0 aliphatic carbocycles. The topological polar surface area (TPSA) is 67.8 Å². The summed E-state index contributed by atoms with van der Waals surface area (Å²) in [6.45, 7) is 11.1. The molecule has 1 aromatic heterocycles. The van der Waals surface area contributed by atoms with Crippen molar-refractivity contribution in [2.24, 2.45) is 4.99 Å². The number of aliphatic imine (C=N–C) groups is 1. The molecule has 0 bridgehead atoms. The van der Waals surface area contributed by atoms with E-state index in [1.54, 1.807) is 11.3 Å². The molecule has 1 aromatic carbocycles. The number of aromatic nitrogens is 1. The Labute approximate surface area is 165 Å². The molecule has 0 radical (unpaired) electrons. The van der Waals surface area contributed by atoms with Crippen LogP contribution in [0.5, 0.6) is 11.5 Å². The number of hydrogen-bond acceptors (Lipinski definition) is 5. The lowest BCUT2D eigenvalue weighted by molar-refractivity contribution is 0.174. The molecule has 2 heterocycles. The summed E-state index contributed by atoms with van der Waals surface area (Å²) in [5.41, 5.74) is 1.07. The van der Waals surface area contributed by atoms with Crippen LogP contribution >= 0.6 is 11.3 Å². The number of benzene rings is 1. The third-order valence-corrected chi connectivity index (χ3v) is 5.40. The van der Waals surface area contributed by atoms with Crippen LogP contribution in [0.4, 0.5) is 0 Å². The first-order valence-electron chi connectivity index (χ1n) is 9.31. The summed E-state index contributed by atoms with van der Waals surface area (Å²) in [6, 6.07) is 6.12. The summed E-state index contributed by atoms with van der Waals surface area (Å²) in [6.07, 6.45) is 2.82. The van der Waals surface area contributed by atoms with Gasteiger partial charge < -0.3 is 20.1 Å². The Morgan fingerprint density at radius 2 is 2.07 bits per heavy atom. The number of nitrogens with zero attached hydrogens (tertiary/aromatic N) is 2. The minimum atomic E-state index is -0.115. The van der Waals surface area contributed by atoms with Gasteiger partial charge in [0.05, 0.1) is 11.6 Å². The van der Waals surface area contributed by atoms with Crippen molar-refractivity contribution in [2.75, 3.05) is 26.4 Å². The number of hydrogen-bond donors (Lipinski definition) is 2. The van der Waals surface area contributed by atoms with E-state index in [4.69, 9.17) is 14.5 Å². The van der Waals surface area contributed by atoms with E-state index in [-0.39, 0.29) is 5.41 Å². The number of rotatable bonds is 7. The molecular weight excluding hydrogens is 360 g/mol. The highest BCUT2D eigenvalue weighted by Gasteiger charge is 2.24. The first kappa shape index (κ1) is 19.5. The Morgan fingerprint density at radius 1 is 1.26 bits per heavy atom. The van der Waals surface area contributed by atoms with E-state index in [9.17, 15) is 0 Å². The first-order chi connectivity index (χ1) is 13.0. The lowest BCUT2D eigenvalue weighted by Gasteiger charge is -2.24. The summed E-state index contributed by atoms with van der Waals surface area (Å²) in [4.78, 5) is 10.5. The van der Waals surface area contributed by atoms with Gasteiger partial charge in [-0.15, -0.1) is 11.3 Å². The van der Waals surface area contributed by atoms with Crippen LogP contribution in [-0.2, 0) is 11.8 Å². The maximum atomic E-state index is 5.51. The van der Waals surface area contributed by atoms with E-state index < -0.39 is 0 Å². The minimum absolute atomic E-state index is 0.115. The maximum Gasteiger partial charge on any atom is 0.231 e. The van der Waals surface area contributed by atoms with Gasteiger partial charge in [-0.2, -0.15) is 0 Å². The number of ether oxygens (including phenoxy) is 2. The van der Waals surface area contributed by atoms with E-state index in [0.717, 1.165) is 42.0 Å². The Bertz CT molecular complexity index is 801. The van der Waals surface area contributed by atoms with Crippen molar-refractivity contribution in [3.63, 3.8) is 0 Å². The van der Waals surface area contributed by atoms with Gasteiger partial charge in [0.1, 0.15) is 0 Å². The monoisotopic (exact) mass is 388 g/mol. The molecule has 1 aliphatic heterocycles. The molecule has 2 aromatic rings. The van der Waals surface area contributed by atoms with Gasteiger partial charge in [0.15, 0.2) is 17.5 Å². The third kappa shape index (κ3) is 5.13. The molecule has 27 heavy (non-hydrogen) atoms. The van der Waals surface area contributed by atoms with Crippen molar-refractivity contribution < 1.29 is 9.47 Å². The van der Waals surface area contributed by atoms with Gasteiger partial charge in [-0.1, -0.05) is 19.9 Å². The van der Waals surface area contributed by atoms with Gasteiger partial charge in [-0.3, -0.25) is 4.99 Å². The van der Waals surface area contributed by atoms with Crippen molar-refractivity contribution >= 4 is 17.3 Å². The molecule has 6 nitrogen and oxygen atoms in total. The molecule has 0 fully saturated rings. The zero-order valence-corrected chi connectivity index (χ0v) is 17.3. The maximum absolute atomic E-state index is 5.51. The molecule has 1 aliphatic rings. The van der Waals surface area contributed by atoms with Gasteiger partial charge in [0, 0.05) is 36.0 Å². The van der Waals surface area contributed by atoms with Gasteiger partial charge in [-0.25, -0.2) is 4.98 Å². The van der Waals surface area contributed by atoms with Gasteiger partial charge in [-0.05, 0) is 31.5 Å². The fraction of sp³-hybridized carbons (Fsp3) is 0.500. The van der Waals surface area contributed by atoms with Crippen LogP contribution in [0.1, 0.15) is 36.2 Å². The second-order valence-corrected chi connectivity index (χ2v) is 8.51. The third-order valence-electron chi connectivity index (χ3n) is 4.43. The summed E-state index contributed by atoms with van der Waals surface area (Å²) in [5.74, 6) is 2.46. The summed E-state index contributed by atoms with van der Waals surface area (Å²) >= 11 is 1.74. The van der Waals surface area contributed by atoms with Crippen molar-refractivity contribution in [3.8, 4) is 11.5 Å². The highest BCUT2D eigenvalue weighted by Crippen LogP contribution is 2.36. The lowest BCUT2D eigenvalue weighted by Crippen LogP contribution is -2.39. The van der Waals surface area contributed by atoms with E-state index in [2.05, 4.69) is 55.4 Å². The Kier molecular flexibility index (Phi) is 6.21. The number of nitrogens with one attached hydrogen (secondary N) is 2. The predicted molar refractivity (Wildman–Crippen MR) is 110 cm³/mol. The molecule has 0 spiro atoms. The summed E-state index contributed by atoms with van der Waals surface area (Å²) < 4.78 is 10.9. The van der Waals surface area contributed by atoms with E-state index in [0.29, 0.717) is 13.3 Å². The van der Waals surface area contributed by atoms with Crippen LogP contribution in [-0.4, -0.2) is 37.4 Å². The average Bonchev–Trinajstić information content (AvgIpc) is 3.27. The molecule has 0 atom stereocenters. The normalized spacial score (nSPS) is 13.7. The van der Waals surface area contributed by atoms with Crippen LogP contribution in [0.25, 0.3) is 0 Å². The molecule has 146 valence electrons. The molecule has 2 N–H and O–H groups in total. The van der Waals surface area contributed by atoms with Crippen molar-refractivity contribution in [1.82, 2.24) is 15.6 Å². The Balaban J connectivity index is 1.60. The highest BCUT2D eigenvalue weighted by atomic mass is 32.1. The number of fused-ring (bicyclic) bond motifs is 1. The second kappa shape index (κ2) is 8.61. The molecule has 0 unspecified atom stereocenters. The molecule has 0 saturated heterocycles. The number of guanidine groups is 1. The molecule has 0 amide bonds.